The number of alkyl halides is 3. The van der Waals surface area contributed by atoms with Crippen LogP contribution < -0.4 is 0 Å². The molecule has 0 aliphatic heterocycles. The number of hydrogen-bond acceptors (Lipinski definition) is 0. The van der Waals surface area contributed by atoms with Crippen LogP contribution in [0.25, 0.3) is 0 Å². The molecular formula is C94H123Cl2F3. The Hall–Kier alpha value is -7.43. The molecule has 10 aromatic rings. The summed E-state index contributed by atoms with van der Waals surface area (Å²) in [5.74, 6) is 1.42. The van der Waals surface area contributed by atoms with Crippen molar-refractivity contribution in [3.05, 3.63) is 352 Å². The maximum absolute atomic E-state index is 11.9. The van der Waals surface area contributed by atoms with Crippen LogP contribution in [0.5, 0.6) is 0 Å². The number of unbranched alkanes of at least 4 members (excludes halogenated alkanes) is 1. The third-order valence-corrected chi connectivity index (χ3v) is 16.6. The molecule has 0 aliphatic rings. The van der Waals surface area contributed by atoms with Crippen LogP contribution in [0.2, 0.25) is 10.0 Å². The van der Waals surface area contributed by atoms with Gasteiger partial charge in [-0.25, -0.2) is 0 Å². The van der Waals surface area contributed by atoms with E-state index in [1.807, 2.05) is 19.1 Å². The third-order valence-electron chi connectivity index (χ3n) is 15.9. The topological polar surface area (TPSA) is 0 Å². The van der Waals surface area contributed by atoms with E-state index in [9.17, 15) is 13.2 Å². The molecule has 0 radical (unpaired) electrons. The minimum Gasteiger partial charge on any atom is -0.166 e. The standard InChI is InChI=1S/3C11H16.2C10H14.2C9H12.C8H7F3.C8H10.C7H6Cl2/c1-9-5-7-10(8-6-9)11(2,3)4;1-9(2)8-11-6-4-10(3)5-7-11;1-3-4-5-11-8-6-10(2)7-9-11;1-8(2)10-6-4-9(3)5-7-10;1-3-4-10-7-5-9(2)6-8-10;1-7-4-5-8(2)9(3)6-7;1-3-9-6-4-8(2)5-7-9;1-6-2-4-7(5-3-6)8(9,10)11;1-7-3-5-8(2)6-4-7;1-5-2-3-6(8)7(9)4-5/h5-8H,1-4H3;4-7,9H,8H2,1-3H3;6-9H,3-5H2,1-2H3;4-8H,1-3H3;5-8H,3-4H2,1-2H3;4-6H,1-3H3;4-7H,3H2,1-2H3;2-5H,1H3;3-6H,1-2H3;2-4H,1H3. The minimum atomic E-state index is -4.21. The Labute approximate surface area is 612 Å². The van der Waals surface area contributed by atoms with Crippen LogP contribution in [0.1, 0.15) is 206 Å². The lowest BCUT2D eigenvalue weighted by Gasteiger charge is -2.18. The van der Waals surface area contributed by atoms with E-state index in [2.05, 4.69) is 333 Å². The van der Waals surface area contributed by atoms with Crippen LogP contribution in [-0.2, 0) is 37.3 Å². The molecule has 0 heterocycles. The van der Waals surface area contributed by atoms with Crippen molar-refractivity contribution in [1.29, 1.82) is 0 Å². The highest BCUT2D eigenvalue weighted by Crippen LogP contribution is 2.29. The van der Waals surface area contributed by atoms with E-state index in [0.29, 0.717) is 16.0 Å². The number of halogens is 5. The first kappa shape index (κ1) is 89.6. The molecule has 0 amide bonds. The second-order valence-corrected chi connectivity index (χ2v) is 28.8. The SMILES string of the molecule is CCCCc1ccc(C)cc1.CCCc1ccc(C)cc1.CCc1ccc(C)cc1.Cc1ccc(C(C)(C)C)cc1.Cc1ccc(C(C)C)cc1.Cc1ccc(C(F)(F)F)cc1.Cc1ccc(C)c(C)c1.Cc1ccc(C)cc1.Cc1ccc(CC(C)C)cc1.Cc1ccc(Cl)c(Cl)c1. The Morgan fingerprint density at radius 3 is 0.929 bits per heavy atom. The Bertz CT molecular complexity index is 3540. The van der Waals surface area contributed by atoms with E-state index < -0.39 is 11.7 Å². The molecule has 0 aromatic heterocycles. The minimum absolute atomic E-state index is 0.285. The van der Waals surface area contributed by atoms with Crippen LogP contribution in [-0.4, -0.2) is 0 Å². The fourth-order valence-electron chi connectivity index (χ4n) is 9.08. The smallest absolute Gasteiger partial charge is 0.166 e. The van der Waals surface area contributed by atoms with Crippen molar-refractivity contribution in [3.8, 4) is 0 Å². The predicted molar refractivity (Wildman–Crippen MR) is 434 cm³/mol. The number of benzene rings is 10. The van der Waals surface area contributed by atoms with E-state index in [-0.39, 0.29) is 5.41 Å². The molecule has 0 atom stereocenters. The van der Waals surface area contributed by atoms with Crippen molar-refractivity contribution in [3.63, 3.8) is 0 Å². The highest BCUT2D eigenvalue weighted by molar-refractivity contribution is 6.42. The van der Waals surface area contributed by atoms with Gasteiger partial charge in [-0.15, -0.1) is 0 Å². The monoisotopic (exact) mass is 1380 g/mol. The van der Waals surface area contributed by atoms with Gasteiger partial charge in [-0.2, -0.15) is 13.2 Å². The summed E-state index contributed by atoms with van der Waals surface area (Å²) in [4.78, 5) is 0. The molecule has 0 saturated heterocycles. The van der Waals surface area contributed by atoms with Crippen molar-refractivity contribution in [2.24, 2.45) is 5.92 Å². The van der Waals surface area contributed by atoms with Crippen molar-refractivity contribution in [2.45, 2.75) is 222 Å². The highest BCUT2D eigenvalue weighted by Gasteiger charge is 2.29. The first-order valence-electron chi connectivity index (χ1n) is 35.5. The van der Waals surface area contributed by atoms with Gasteiger partial charge in [0.1, 0.15) is 0 Å². The fourth-order valence-corrected chi connectivity index (χ4v) is 9.43. The van der Waals surface area contributed by atoms with Gasteiger partial charge in [-0.05, 0) is 214 Å². The molecule has 0 saturated carbocycles. The van der Waals surface area contributed by atoms with Crippen LogP contribution in [0.3, 0.4) is 0 Å². The molecular weight excluding hydrogens is 1260 g/mol. The molecule has 0 fully saturated rings. The molecule has 10 rings (SSSR count). The Morgan fingerprint density at radius 2 is 0.626 bits per heavy atom. The van der Waals surface area contributed by atoms with Gasteiger partial charge >= 0.3 is 6.18 Å². The molecule has 0 aliphatic carbocycles. The van der Waals surface area contributed by atoms with Crippen molar-refractivity contribution in [1.82, 2.24) is 0 Å². The highest BCUT2D eigenvalue weighted by atomic mass is 35.5. The molecule has 0 N–H and O–H groups in total. The number of rotatable bonds is 9. The maximum atomic E-state index is 11.9. The van der Waals surface area contributed by atoms with Gasteiger partial charge in [-0.1, -0.05) is 367 Å². The van der Waals surface area contributed by atoms with Crippen molar-refractivity contribution >= 4 is 23.2 Å². The first-order chi connectivity index (χ1) is 46.5. The van der Waals surface area contributed by atoms with E-state index in [4.69, 9.17) is 23.2 Å². The zero-order chi connectivity index (χ0) is 74.7. The molecule has 5 heteroatoms. The van der Waals surface area contributed by atoms with Gasteiger partial charge in [0.15, 0.2) is 0 Å². The number of aryl methyl sites for hydroxylation is 16. The average molecular weight is 1380 g/mol. The zero-order valence-electron chi connectivity index (χ0n) is 64.9. The van der Waals surface area contributed by atoms with Crippen LogP contribution in [0.4, 0.5) is 13.2 Å². The summed E-state index contributed by atoms with van der Waals surface area (Å²) in [7, 11) is 0. The Balaban J connectivity index is 0.000000551. The lowest BCUT2D eigenvalue weighted by atomic mass is 9.87. The third kappa shape index (κ3) is 43.7. The quantitative estimate of drug-likeness (QED) is 0.135. The van der Waals surface area contributed by atoms with E-state index in [1.165, 1.54) is 145 Å². The van der Waals surface area contributed by atoms with Gasteiger partial charge in [0.05, 0.1) is 15.6 Å². The van der Waals surface area contributed by atoms with Crippen molar-refractivity contribution < 1.29 is 13.2 Å². The average Bonchev–Trinajstić information content (AvgIpc) is 0.957. The molecule has 99 heavy (non-hydrogen) atoms. The largest absolute Gasteiger partial charge is 0.416 e. The second-order valence-electron chi connectivity index (χ2n) is 28.0. The van der Waals surface area contributed by atoms with Gasteiger partial charge in [-0.3, -0.25) is 0 Å². The van der Waals surface area contributed by atoms with Gasteiger partial charge < -0.3 is 0 Å². The van der Waals surface area contributed by atoms with Gasteiger partial charge in [0, 0.05) is 0 Å². The molecule has 0 spiro atoms. The summed E-state index contributed by atoms with van der Waals surface area (Å²) in [5.41, 5.74) is 25.1. The maximum Gasteiger partial charge on any atom is 0.416 e. The summed E-state index contributed by atoms with van der Waals surface area (Å²) in [6.45, 7) is 49.3. The molecule has 0 nitrogen and oxygen atoms in total. The fraction of sp³-hybridized carbons (Fsp3) is 0.362. The summed E-state index contributed by atoms with van der Waals surface area (Å²) < 4.78 is 35.8. The lowest BCUT2D eigenvalue weighted by Crippen LogP contribution is -2.10. The van der Waals surface area contributed by atoms with Gasteiger partial charge in [0.25, 0.3) is 0 Å². The first-order valence-corrected chi connectivity index (χ1v) is 36.3. The molecule has 0 bridgehead atoms. The summed E-state index contributed by atoms with van der Waals surface area (Å²) >= 11 is 11.3. The summed E-state index contributed by atoms with van der Waals surface area (Å²) in [6.07, 6.45) is 4.39. The van der Waals surface area contributed by atoms with Gasteiger partial charge in [0.2, 0.25) is 0 Å². The zero-order valence-corrected chi connectivity index (χ0v) is 66.4. The summed E-state index contributed by atoms with van der Waals surface area (Å²) in [6, 6.07) is 78.1. The lowest BCUT2D eigenvalue weighted by molar-refractivity contribution is -0.137. The summed E-state index contributed by atoms with van der Waals surface area (Å²) in [5, 5.41) is 1.24. The molecule has 0 unspecified atom stereocenters. The van der Waals surface area contributed by atoms with E-state index in [0.717, 1.165) is 35.6 Å². The van der Waals surface area contributed by atoms with Crippen molar-refractivity contribution in [2.75, 3.05) is 0 Å². The van der Waals surface area contributed by atoms with Crippen LogP contribution >= 0.6 is 23.2 Å². The van der Waals surface area contributed by atoms with Crippen LogP contribution in [0, 0.1) is 95.9 Å². The second kappa shape index (κ2) is 49.2. The van der Waals surface area contributed by atoms with E-state index in [1.54, 1.807) is 13.0 Å². The predicted octanol–water partition coefficient (Wildman–Crippen LogP) is 29.7. The Kier molecular flexibility index (Phi) is 44.5. The number of hydrogen-bond donors (Lipinski definition) is 0. The normalized spacial score (nSPS) is 10.3. The molecule has 10 aromatic carbocycles. The van der Waals surface area contributed by atoms with E-state index >= 15 is 0 Å². The molecule has 534 valence electrons. The van der Waals surface area contributed by atoms with Crippen LogP contribution in [0.15, 0.2) is 231 Å². The Morgan fingerprint density at radius 1 is 0.313 bits per heavy atom.